The lowest BCUT2D eigenvalue weighted by Crippen LogP contribution is -2.54. The van der Waals surface area contributed by atoms with Crippen molar-refractivity contribution in [2.75, 3.05) is 0 Å². The summed E-state index contributed by atoms with van der Waals surface area (Å²) in [5.74, 6) is -1.29. The second kappa shape index (κ2) is 3.71. The zero-order valence-corrected chi connectivity index (χ0v) is 9.53. The third-order valence-corrected chi connectivity index (χ3v) is 3.24. The number of halogens is 3. The molecule has 1 aliphatic rings. The fraction of sp³-hybridized carbons (Fsp3) is 0.600. The lowest BCUT2D eigenvalue weighted by molar-refractivity contribution is -0.151. The van der Waals surface area contributed by atoms with Crippen LogP contribution in [0, 0.1) is 0 Å². The van der Waals surface area contributed by atoms with Crippen LogP contribution in [0.2, 0.25) is 0 Å². The normalized spacial score (nSPS) is 27.9. The van der Waals surface area contributed by atoms with Crippen LogP contribution in [0.15, 0.2) is 6.20 Å². The molecule has 8 heteroatoms. The van der Waals surface area contributed by atoms with Gasteiger partial charge in [0.15, 0.2) is 5.69 Å². The summed E-state index contributed by atoms with van der Waals surface area (Å²) in [6, 6.07) is -0.387. The van der Waals surface area contributed by atoms with E-state index in [9.17, 15) is 23.1 Å². The van der Waals surface area contributed by atoms with Gasteiger partial charge in [-0.2, -0.15) is 18.3 Å². The highest BCUT2D eigenvalue weighted by atomic mass is 19.4. The van der Waals surface area contributed by atoms with E-state index in [1.165, 1.54) is 7.05 Å². The van der Waals surface area contributed by atoms with E-state index in [0.717, 1.165) is 10.9 Å². The molecule has 0 amide bonds. The molecule has 0 bridgehead atoms. The van der Waals surface area contributed by atoms with Crippen molar-refractivity contribution in [1.29, 1.82) is 0 Å². The molecule has 0 radical (unpaired) electrons. The largest absolute Gasteiger partial charge is 0.481 e. The van der Waals surface area contributed by atoms with Crippen molar-refractivity contribution in [1.82, 2.24) is 9.78 Å². The van der Waals surface area contributed by atoms with Crippen LogP contribution < -0.4 is 5.73 Å². The Morgan fingerprint density at radius 2 is 2.17 bits per heavy atom. The van der Waals surface area contributed by atoms with Crippen molar-refractivity contribution in [3.63, 3.8) is 0 Å². The van der Waals surface area contributed by atoms with E-state index in [0.29, 0.717) is 0 Å². The van der Waals surface area contributed by atoms with Crippen LogP contribution in [0.1, 0.15) is 24.1 Å². The number of nitrogens with zero attached hydrogens (tertiary/aromatic N) is 2. The minimum Gasteiger partial charge on any atom is -0.481 e. The minimum absolute atomic E-state index is 0.00287. The van der Waals surface area contributed by atoms with Gasteiger partial charge in [0.2, 0.25) is 0 Å². The van der Waals surface area contributed by atoms with Crippen molar-refractivity contribution in [3.8, 4) is 0 Å². The topological polar surface area (TPSA) is 81.1 Å². The first-order chi connectivity index (χ1) is 8.17. The number of aryl methyl sites for hydroxylation is 1. The summed E-state index contributed by atoms with van der Waals surface area (Å²) < 4.78 is 39.4. The Bertz CT molecular complexity index is 489. The first kappa shape index (κ1) is 12.9. The molecule has 1 aromatic rings. The van der Waals surface area contributed by atoms with Gasteiger partial charge in [0.25, 0.3) is 0 Å². The number of carboxylic acids is 1. The summed E-state index contributed by atoms with van der Waals surface area (Å²) in [6.07, 6.45) is -3.56. The van der Waals surface area contributed by atoms with E-state index in [2.05, 4.69) is 5.10 Å². The third kappa shape index (κ3) is 1.76. The van der Waals surface area contributed by atoms with Crippen LogP contribution >= 0.6 is 0 Å². The molecule has 0 spiro atoms. The zero-order chi connectivity index (χ0) is 13.7. The number of aliphatic carboxylic acids is 1. The van der Waals surface area contributed by atoms with Crippen LogP contribution in [-0.4, -0.2) is 26.9 Å². The quantitative estimate of drug-likeness (QED) is 0.830. The van der Waals surface area contributed by atoms with Crippen LogP contribution in [-0.2, 0) is 23.4 Å². The molecule has 0 saturated heterocycles. The summed E-state index contributed by atoms with van der Waals surface area (Å²) in [7, 11) is 1.33. The minimum atomic E-state index is -4.67. The number of aromatic nitrogens is 2. The molecule has 1 fully saturated rings. The zero-order valence-electron chi connectivity index (χ0n) is 9.53. The number of nitrogens with two attached hydrogens (primary N) is 1. The van der Waals surface area contributed by atoms with E-state index in [-0.39, 0.29) is 24.4 Å². The van der Waals surface area contributed by atoms with Crippen LogP contribution in [0.3, 0.4) is 0 Å². The molecule has 5 nitrogen and oxygen atoms in total. The number of hydrogen-bond acceptors (Lipinski definition) is 3. The molecule has 1 saturated carbocycles. The van der Waals surface area contributed by atoms with Gasteiger partial charge in [-0.05, 0) is 12.8 Å². The van der Waals surface area contributed by atoms with E-state index < -0.39 is 23.3 Å². The van der Waals surface area contributed by atoms with Crippen LogP contribution in [0.5, 0.6) is 0 Å². The van der Waals surface area contributed by atoms with Crippen molar-refractivity contribution >= 4 is 5.97 Å². The number of carboxylic acid groups (broad SMARTS) is 1. The number of rotatable bonds is 2. The molecule has 3 N–H and O–H groups in total. The summed E-state index contributed by atoms with van der Waals surface area (Å²) in [5.41, 5.74) is 2.53. The van der Waals surface area contributed by atoms with Gasteiger partial charge in [-0.1, -0.05) is 0 Å². The third-order valence-electron chi connectivity index (χ3n) is 3.24. The van der Waals surface area contributed by atoms with Gasteiger partial charge in [0.05, 0.1) is 5.41 Å². The maximum atomic E-state index is 12.8. The van der Waals surface area contributed by atoms with E-state index >= 15 is 0 Å². The van der Waals surface area contributed by atoms with E-state index in [4.69, 9.17) is 5.73 Å². The molecular weight excluding hydrogens is 251 g/mol. The highest BCUT2D eigenvalue weighted by molar-refractivity contribution is 5.83. The molecule has 18 heavy (non-hydrogen) atoms. The summed E-state index contributed by atoms with van der Waals surface area (Å²) >= 11 is 0. The Balaban J connectivity index is 2.53. The summed E-state index contributed by atoms with van der Waals surface area (Å²) in [4.78, 5) is 11.3. The summed E-state index contributed by atoms with van der Waals surface area (Å²) in [6.45, 7) is 0. The molecule has 2 rings (SSSR count). The number of carbonyl (C=O) groups is 1. The van der Waals surface area contributed by atoms with Gasteiger partial charge >= 0.3 is 12.1 Å². The van der Waals surface area contributed by atoms with Crippen molar-refractivity contribution in [3.05, 3.63) is 17.5 Å². The van der Waals surface area contributed by atoms with Gasteiger partial charge in [-0.3, -0.25) is 9.48 Å². The van der Waals surface area contributed by atoms with Gasteiger partial charge in [0, 0.05) is 24.8 Å². The van der Waals surface area contributed by atoms with Gasteiger partial charge in [-0.15, -0.1) is 0 Å². The monoisotopic (exact) mass is 263 g/mol. The van der Waals surface area contributed by atoms with Gasteiger partial charge in [0.1, 0.15) is 0 Å². The molecule has 1 aromatic heterocycles. The first-order valence-corrected chi connectivity index (χ1v) is 5.27. The predicted molar refractivity (Wildman–Crippen MR) is 54.7 cm³/mol. The smallest absolute Gasteiger partial charge is 0.435 e. The Labute approximate surface area is 100 Å². The first-order valence-electron chi connectivity index (χ1n) is 5.27. The lowest BCUT2D eigenvalue weighted by Gasteiger charge is -2.42. The average molecular weight is 263 g/mol. The van der Waals surface area contributed by atoms with Crippen molar-refractivity contribution in [2.24, 2.45) is 12.8 Å². The predicted octanol–water partition coefficient (Wildman–Crippen LogP) is 0.882. The second-order valence-electron chi connectivity index (χ2n) is 4.62. The fourth-order valence-electron chi connectivity index (χ4n) is 2.39. The molecule has 1 aliphatic carbocycles. The highest BCUT2D eigenvalue weighted by Gasteiger charge is 2.55. The Morgan fingerprint density at radius 1 is 1.61 bits per heavy atom. The Morgan fingerprint density at radius 3 is 2.56 bits per heavy atom. The summed E-state index contributed by atoms with van der Waals surface area (Å²) in [5, 5.41) is 12.5. The Hall–Kier alpha value is -1.57. The van der Waals surface area contributed by atoms with Crippen LogP contribution in [0.4, 0.5) is 13.2 Å². The maximum absolute atomic E-state index is 12.8. The van der Waals surface area contributed by atoms with Crippen molar-refractivity contribution < 1.29 is 23.1 Å². The molecule has 0 unspecified atom stereocenters. The average Bonchev–Trinajstić information content (AvgIpc) is 2.54. The number of alkyl halides is 3. The molecule has 0 atom stereocenters. The molecule has 1 heterocycles. The number of hydrogen-bond donors (Lipinski definition) is 2. The second-order valence-corrected chi connectivity index (χ2v) is 4.62. The molecule has 0 aliphatic heterocycles. The molecule has 100 valence electrons. The lowest BCUT2D eigenvalue weighted by atomic mass is 9.62. The maximum Gasteiger partial charge on any atom is 0.435 e. The van der Waals surface area contributed by atoms with Crippen molar-refractivity contribution in [2.45, 2.75) is 30.5 Å². The Kier molecular flexibility index (Phi) is 2.65. The molecular formula is C10H12F3N3O2. The fourth-order valence-corrected chi connectivity index (χ4v) is 2.39. The van der Waals surface area contributed by atoms with Gasteiger partial charge in [-0.25, -0.2) is 0 Å². The SMILES string of the molecule is Cn1cc(C2(C(=O)O)CC(N)C2)c(C(F)(F)F)n1. The molecule has 0 aromatic carbocycles. The van der Waals surface area contributed by atoms with Crippen LogP contribution in [0.25, 0.3) is 0 Å². The van der Waals surface area contributed by atoms with E-state index in [1.807, 2.05) is 0 Å². The van der Waals surface area contributed by atoms with Gasteiger partial charge < -0.3 is 10.8 Å². The van der Waals surface area contributed by atoms with E-state index in [1.54, 1.807) is 0 Å². The standard InChI is InChI=1S/C10H12F3N3O2/c1-16-4-6(7(15-16)10(11,12)13)9(8(17)18)2-5(14)3-9/h4-5H,2-3,14H2,1H3,(H,17,18). The highest BCUT2D eigenvalue weighted by Crippen LogP contribution is 2.47.